The zero-order chi connectivity index (χ0) is 12.8. The van der Waals surface area contributed by atoms with Gasteiger partial charge in [0, 0.05) is 12.2 Å². The molecule has 18 heavy (non-hydrogen) atoms. The second-order valence-electron chi connectivity index (χ2n) is 4.39. The standard InChI is InChI=1S/C13H18N2O2S/c14-13(16)8-17-12-3-1-11(2-4-12)15-7-10-5-6-18-9-10/h1-4,10,15H,5-9H2,(H2,14,16). The number of anilines is 1. The monoisotopic (exact) mass is 266 g/mol. The Bertz CT molecular complexity index is 388. The van der Waals surface area contributed by atoms with Gasteiger partial charge in [-0.1, -0.05) is 0 Å². The highest BCUT2D eigenvalue weighted by atomic mass is 32.2. The Balaban J connectivity index is 1.77. The molecule has 1 aromatic rings. The molecule has 1 aromatic carbocycles. The highest BCUT2D eigenvalue weighted by Crippen LogP contribution is 2.24. The van der Waals surface area contributed by atoms with Gasteiger partial charge in [-0.15, -0.1) is 0 Å². The van der Waals surface area contributed by atoms with Crippen LogP contribution in [0.4, 0.5) is 5.69 Å². The van der Waals surface area contributed by atoms with E-state index >= 15 is 0 Å². The summed E-state index contributed by atoms with van der Waals surface area (Å²) < 4.78 is 5.19. The molecule has 1 unspecified atom stereocenters. The van der Waals surface area contributed by atoms with Crippen molar-refractivity contribution in [3.63, 3.8) is 0 Å². The van der Waals surface area contributed by atoms with Crippen molar-refractivity contribution in [1.82, 2.24) is 0 Å². The van der Waals surface area contributed by atoms with E-state index in [9.17, 15) is 4.79 Å². The molecule has 1 amide bonds. The average Bonchev–Trinajstić information content (AvgIpc) is 2.88. The quantitative estimate of drug-likeness (QED) is 0.823. The minimum absolute atomic E-state index is 0.0773. The van der Waals surface area contributed by atoms with E-state index in [1.807, 2.05) is 36.0 Å². The van der Waals surface area contributed by atoms with Crippen LogP contribution in [0.1, 0.15) is 6.42 Å². The van der Waals surface area contributed by atoms with Crippen molar-refractivity contribution >= 4 is 23.4 Å². The van der Waals surface area contributed by atoms with Crippen LogP contribution >= 0.6 is 11.8 Å². The number of primary amides is 1. The van der Waals surface area contributed by atoms with Gasteiger partial charge in [0.1, 0.15) is 5.75 Å². The fourth-order valence-corrected chi connectivity index (χ4v) is 3.11. The summed E-state index contributed by atoms with van der Waals surface area (Å²) in [6.07, 6.45) is 1.30. The minimum Gasteiger partial charge on any atom is -0.484 e. The topological polar surface area (TPSA) is 64.4 Å². The van der Waals surface area contributed by atoms with Gasteiger partial charge < -0.3 is 15.8 Å². The Labute approximate surface area is 111 Å². The maximum atomic E-state index is 10.6. The number of hydrogen-bond acceptors (Lipinski definition) is 4. The lowest BCUT2D eigenvalue weighted by molar-refractivity contribution is -0.119. The second kappa shape index (κ2) is 6.54. The highest BCUT2D eigenvalue weighted by molar-refractivity contribution is 7.99. The summed E-state index contributed by atoms with van der Waals surface area (Å²) in [4.78, 5) is 10.6. The van der Waals surface area contributed by atoms with E-state index in [-0.39, 0.29) is 6.61 Å². The molecule has 1 heterocycles. The lowest BCUT2D eigenvalue weighted by Crippen LogP contribution is -2.20. The van der Waals surface area contributed by atoms with Crippen LogP contribution in [0.25, 0.3) is 0 Å². The van der Waals surface area contributed by atoms with Crippen molar-refractivity contribution in [2.75, 3.05) is 30.0 Å². The molecule has 0 aromatic heterocycles. The van der Waals surface area contributed by atoms with Crippen LogP contribution in [0.5, 0.6) is 5.75 Å². The zero-order valence-electron chi connectivity index (χ0n) is 10.2. The lowest BCUT2D eigenvalue weighted by Gasteiger charge is -2.11. The third-order valence-corrected chi connectivity index (χ3v) is 4.09. The van der Waals surface area contributed by atoms with Gasteiger partial charge in [-0.25, -0.2) is 0 Å². The van der Waals surface area contributed by atoms with Crippen LogP contribution in [-0.2, 0) is 4.79 Å². The lowest BCUT2D eigenvalue weighted by atomic mass is 10.1. The van der Waals surface area contributed by atoms with E-state index in [0.29, 0.717) is 5.75 Å². The molecule has 2 rings (SSSR count). The molecule has 0 bridgehead atoms. The first-order valence-electron chi connectivity index (χ1n) is 6.07. The number of benzene rings is 1. The Morgan fingerprint density at radius 1 is 1.44 bits per heavy atom. The molecule has 5 heteroatoms. The van der Waals surface area contributed by atoms with Crippen LogP contribution < -0.4 is 15.8 Å². The zero-order valence-corrected chi connectivity index (χ0v) is 11.0. The van der Waals surface area contributed by atoms with Gasteiger partial charge in [-0.3, -0.25) is 4.79 Å². The van der Waals surface area contributed by atoms with Crippen molar-refractivity contribution in [2.45, 2.75) is 6.42 Å². The number of amides is 1. The van der Waals surface area contributed by atoms with E-state index < -0.39 is 5.91 Å². The molecular formula is C13H18N2O2S. The molecule has 1 aliphatic heterocycles. The van der Waals surface area contributed by atoms with Gasteiger partial charge in [0.15, 0.2) is 6.61 Å². The first-order chi connectivity index (χ1) is 8.74. The maximum Gasteiger partial charge on any atom is 0.255 e. The van der Waals surface area contributed by atoms with Gasteiger partial charge >= 0.3 is 0 Å². The molecule has 3 N–H and O–H groups in total. The van der Waals surface area contributed by atoms with Crippen molar-refractivity contribution < 1.29 is 9.53 Å². The molecular weight excluding hydrogens is 248 g/mol. The van der Waals surface area contributed by atoms with Crippen molar-refractivity contribution in [3.8, 4) is 5.75 Å². The number of nitrogens with one attached hydrogen (secondary N) is 1. The Kier molecular flexibility index (Phi) is 4.75. The Morgan fingerprint density at radius 2 is 2.22 bits per heavy atom. The SMILES string of the molecule is NC(=O)COc1ccc(NCC2CCSC2)cc1. The number of thioether (sulfide) groups is 1. The largest absolute Gasteiger partial charge is 0.484 e. The summed E-state index contributed by atoms with van der Waals surface area (Å²) >= 11 is 2.03. The predicted molar refractivity (Wildman–Crippen MR) is 75.1 cm³/mol. The van der Waals surface area contributed by atoms with Gasteiger partial charge in [-0.2, -0.15) is 11.8 Å². The molecule has 1 aliphatic rings. The van der Waals surface area contributed by atoms with Gasteiger partial charge in [0.05, 0.1) is 0 Å². The maximum absolute atomic E-state index is 10.6. The number of rotatable bonds is 6. The van der Waals surface area contributed by atoms with Crippen LogP contribution in [0.3, 0.4) is 0 Å². The van der Waals surface area contributed by atoms with Crippen molar-refractivity contribution in [2.24, 2.45) is 11.7 Å². The molecule has 1 saturated heterocycles. The fraction of sp³-hybridized carbons (Fsp3) is 0.462. The van der Waals surface area contributed by atoms with Crippen molar-refractivity contribution in [3.05, 3.63) is 24.3 Å². The average molecular weight is 266 g/mol. The molecule has 0 saturated carbocycles. The van der Waals surface area contributed by atoms with E-state index in [2.05, 4.69) is 5.32 Å². The van der Waals surface area contributed by atoms with Crippen LogP contribution in [0.15, 0.2) is 24.3 Å². The highest BCUT2D eigenvalue weighted by Gasteiger charge is 2.14. The summed E-state index contributed by atoms with van der Waals surface area (Å²) in [5, 5.41) is 3.42. The van der Waals surface area contributed by atoms with Crippen LogP contribution in [0.2, 0.25) is 0 Å². The third kappa shape index (κ3) is 4.14. The van der Waals surface area contributed by atoms with Gasteiger partial charge in [0.25, 0.3) is 5.91 Å². The number of hydrogen-bond donors (Lipinski definition) is 2. The molecule has 1 fully saturated rings. The first kappa shape index (κ1) is 13.1. The van der Waals surface area contributed by atoms with Gasteiger partial charge in [-0.05, 0) is 48.1 Å². The molecule has 0 radical (unpaired) electrons. The molecule has 98 valence electrons. The predicted octanol–water partition coefficient (Wildman–Crippen LogP) is 1.72. The van der Waals surface area contributed by atoms with E-state index in [1.165, 1.54) is 17.9 Å². The number of carbonyl (C=O) groups excluding carboxylic acids is 1. The summed E-state index contributed by atoms with van der Waals surface area (Å²) in [7, 11) is 0. The smallest absolute Gasteiger partial charge is 0.255 e. The van der Waals surface area contributed by atoms with E-state index in [4.69, 9.17) is 10.5 Å². The minimum atomic E-state index is -0.462. The summed E-state index contributed by atoms with van der Waals surface area (Å²) in [5.41, 5.74) is 6.09. The first-order valence-corrected chi connectivity index (χ1v) is 7.22. The number of carbonyl (C=O) groups is 1. The van der Waals surface area contributed by atoms with Crippen LogP contribution in [0, 0.1) is 5.92 Å². The van der Waals surface area contributed by atoms with Gasteiger partial charge in [0.2, 0.25) is 0 Å². The Morgan fingerprint density at radius 3 is 2.83 bits per heavy atom. The number of ether oxygens (including phenoxy) is 1. The van der Waals surface area contributed by atoms with Crippen LogP contribution in [-0.4, -0.2) is 30.6 Å². The summed E-state index contributed by atoms with van der Waals surface area (Å²) in [6.45, 7) is 0.945. The Hall–Kier alpha value is -1.36. The third-order valence-electron chi connectivity index (χ3n) is 2.85. The summed E-state index contributed by atoms with van der Waals surface area (Å²) in [6, 6.07) is 7.60. The number of nitrogens with two attached hydrogens (primary N) is 1. The second-order valence-corrected chi connectivity index (χ2v) is 5.54. The fourth-order valence-electron chi connectivity index (χ4n) is 1.83. The van der Waals surface area contributed by atoms with E-state index in [1.54, 1.807) is 0 Å². The molecule has 0 aliphatic carbocycles. The molecule has 4 nitrogen and oxygen atoms in total. The van der Waals surface area contributed by atoms with Crippen molar-refractivity contribution in [1.29, 1.82) is 0 Å². The summed E-state index contributed by atoms with van der Waals surface area (Å²) in [5.74, 6) is 3.52. The van der Waals surface area contributed by atoms with E-state index in [0.717, 1.165) is 18.2 Å². The molecule has 0 spiro atoms. The normalized spacial score (nSPS) is 18.6. The molecule has 1 atom stereocenters.